The number of nitrogen functional groups attached to an aromatic ring is 2. The molecule has 98 valence electrons. The van der Waals surface area contributed by atoms with Crippen LogP contribution in [-0.4, -0.2) is 5.91 Å². The lowest BCUT2D eigenvalue weighted by atomic mass is 10.1. The van der Waals surface area contributed by atoms with Crippen molar-refractivity contribution in [2.75, 3.05) is 16.8 Å². The normalized spacial score (nSPS) is 10.2. The molecule has 2 aromatic rings. The molecule has 0 aliphatic carbocycles. The quantitative estimate of drug-likeness (QED) is 0.722. The summed E-state index contributed by atoms with van der Waals surface area (Å²) in [5, 5.41) is 2.84. The highest BCUT2D eigenvalue weighted by atomic mass is 16.1. The monoisotopic (exact) mass is 255 g/mol. The van der Waals surface area contributed by atoms with Gasteiger partial charge in [0.15, 0.2) is 0 Å². The molecule has 4 heteroatoms. The van der Waals surface area contributed by atoms with Gasteiger partial charge in [0, 0.05) is 17.1 Å². The van der Waals surface area contributed by atoms with Crippen LogP contribution in [0.1, 0.15) is 21.5 Å². The number of benzene rings is 2. The van der Waals surface area contributed by atoms with Crippen molar-refractivity contribution in [3.63, 3.8) is 0 Å². The zero-order valence-corrected chi connectivity index (χ0v) is 11.0. The lowest BCUT2D eigenvalue weighted by Crippen LogP contribution is -2.14. The van der Waals surface area contributed by atoms with Crippen molar-refractivity contribution in [2.24, 2.45) is 0 Å². The van der Waals surface area contributed by atoms with Gasteiger partial charge >= 0.3 is 0 Å². The van der Waals surface area contributed by atoms with Crippen LogP contribution < -0.4 is 16.8 Å². The Balaban J connectivity index is 2.25. The van der Waals surface area contributed by atoms with Crippen molar-refractivity contribution < 1.29 is 4.79 Å². The fourth-order valence-electron chi connectivity index (χ4n) is 2.03. The summed E-state index contributed by atoms with van der Waals surface area (Å²) in [5.74, 6) is -0.234. The summed E-state index contributed by atoms with van der Waals surface area (Å²) in [6, 6.07) is 10.7. The van der Waals surface area contributed by atoms with Crippen LogP contribution >= 0.6 is 0 Å². The number of aryl methyl sites for hydroxylation is 2. The van der Waals surface area contributed by atoms with Crippen molar-refractivity contribution in [1.82, 2.24) is 0 Å². The third kappa shape index (κ3) is 3.04. The van der Waals surface area contributed by atoms with Gasteiger partial charge in [0.25, 0.3) is 5.91 Å². The van der Waals surface area contributed by atoms with E-state index in [1.807, 2.05) is 32.0 Å². The maximum Gasteiger partial charge on any atom is 0.257 e. The second kappa shape index (κ2) is 5.02. The van der Waals surface area contributed by atoms with Gasteiger partial charge in [0.05, 0.1) is 5.56 Å². The average Bonchev–Trinajstić information content (AvgIpc) is 2.26. The minimum atomic E-state index is -0.234. The second-order valence-electron chi connectivity index (χ2n) is 4.68. The maximum atomic E-state index is 12.1. The van der Waals surface area contributed by atoms with Gasteiger partial charge < -0.3 is 16.8 Å². The standard InChI is InChI=1S/C15H17N3O/c1-9-5-10(2)7-12(6-9)18-15(19)13-4-3-11(16)8-14(13)17/h3-8H,16-17H2,1-2H3,(H,18,19). The second-order valence-corrected chi connectivity index (χ2v) is 4.68. The molecule has 0 spiro atoms. The number of nitrogens with two attached hydrogens (primary N) is 2. The molecule has 0 saturated heterocycles. The van der Waals surface area contributed by atoms with Crippen molar-refractivity contribution in [3.05, 3.63) is 53.1 Å². The molecule has 0 atom stereocenters. The fraction of sp³-hybridized carbons (Fsp3) is 0.133. The Labute approximate surface area is 112 Å². The van der Waals surface area contributed by atoms with E-state index in [1.54, 1.807) is 18.2 Å². The number of hydrogen-bond acceptors (Lipinski definition) is 3. The molecule has 0 unspecified atom stereocenters. The first-order valence-corrected chi connectivity index (χ1v) is 6.00. The third-order valence-corrected chi connectivity index (χ3v) is 2.80. The number of hydrogen-bond donors (Lipinski definition) is 3. The number of carbonyl (C=O) groups excluding carboxylic acids is 1. The van der Waals surface area contributed by atoms with Crippen molar-refractivity contribution in [1.29, 1.82) is 0 Å². The van der Waals surface area contributed by atoms with Crippen LogP contribution in [0, 0.1) is 13.8 Å². The SMILES string of the molecule is Cc1cc(C)cc(NC(=O)c2ccc(N)cc2N)c1. The van der Waals surface area contributed by atoms with Crippen LogP contribution in [0.4, 0.5) is 17.1 Å². The van der Waals surface area contributed by atoms with Gasteiger partial charge in [-0.1, -0.05) is 6.07 Å². The first-order chi connectivity index (χ1) is 8.95. The van der Waals surface area contributed by atoms with E-state index in [-0.39, 0.29) is 5.91 Å². The molecule has 5 N–H and O–H groups in total. The van der Waals surface area contributed by atoms with Gasteiger partial charge in [-0.15, -0.1) is 0 Å². The molecule has 2 rings (SSSR count). The van der Waals surface area contributed by atoms with Crippen LogP contribution in [0.25, 0.3) is 0 Å². The zero-order chi connectivity index (χ0) is 14.0. The van der Waals surface area contributed by atoms with Crippen molar-refractivity contribution in [3.8, 4) is 0 Å². The highest BCUT2D eigenvalue weighted by molar-refractivity contribution is 6.08. The Morgan fingerprint density at radius 1 is 1.00 bits per heavy atom. The van der Waals surface area contributed by atoms with Crippen molar-refractivity contribution >= 4 is 23.0 Å². The Bertz CT molecular complexity index is 615. The molecule has 4 nitrogen and oxygen atoms in total. The minimum absolute atomic E-state index is 0.234. The lowest BCUT2D eigenvalue weighted by Gasteiger charge is -2.09. The molecule has 2 aromatic carbocycles. The summed E-state index contributed by atoms with van der Waals surface area (Å²) < 4.78 is 0. The Morgan fingerprint density at radius 3 is 2.21 bits per heavy atom. The summed E-state index contributed by atoms with van der Waals surface area (Å²) >= 11 is 0. The maximum absolute atomic E-state index is 12.1. The van der Waals surface area contributed by atoms with E-state index < -0.39 is 0 Å². The van der Waals surface area contributed by atoms with Gasteiger partial charge in [-0.05, 0) is 55.3 Å². The number of amides is 1. The van der Waals surface area contributed by atoms with E-state index in [1.165, 1.54) is 0 Å². The minimum Gasteiger partial charge on any atom is -0.399 e. The molecule has 0 saturated carbocycles. The third-order valence-electron chi connectivity index (χ3n) is 2.80. The Morgan fingerprint density at radius 2 is 1.63 bits per heavy atom. The molecule has 0 aliphatic heterocycles. The molecule has 0 bridgehead atoms. The highest BCUT2D eigenvalue weighted by Crippen LogP contribution is 2.19. The molecule has 19 heavy (non-hydrogen) atoms. The van der Waals surface area contributed by atoms with Crippen molar-refractivity contribution in [2.45, 2.75) is 13.8 Å². The number of anilines is 3. The molecule has 0 fully saturated rings. The Kier molecular flexibility index (Phi) is 3.42. The van der Waals surface area contributed by atoms with Gasteiger partial charge in [-0.25, -0.2) is 0 Å². The summed E-state index contributed by atoms with van der Waals surface area (Å²) in [5.41, 5.74) is 15.7. The molecular formula is C15H17N3O. The van der Waals surface area contributed by atoms with E-state index in [0.29, 0.717) is 16.9 Å². The van der Waals surface area contributed by atoms with Crippen LogP contribution in [0.5, 0.6) is 0 Å². The molecule has 0 aromatic heterocycles. The van der Waals surface area contributed by atoms with E-state index in [2.05, 4.69) is 5.32 Å². The summed E-state index contributed by atoms with van der Waals surface area (Å²) in [6.45, 7) is 3.97. The van der Waals surface area contributed by atoms with Gasteiger partial charge in [0.2, 0.25) is 0 Å². The topological polar surface area (TPSA) is 81.1 Å². The Hall–Kier alpha value is -2.49. The van der Waals surface area contributed by atoms with Crippen LogP contribution in [0.2, 0.25) is 0 Å². The number of carbonyl (C=O) groups is 1. The predicted molar refractivity (Wildman–Crippen MR) is 79.1 cm³/mol. The van der Waals surface area contributed by atoms with Gasteiger partial charge in [-0.2, -0.15) is 0 Å². The van der Waals surface area contributed by atoms with Gasteiger partial charge in [-0.3, -0.25) is 4.79 Å². The molecule has 1 amide bonds. The average molecular weight is 255 g/mol. The molecule has 0 aliphatic rings. The van der Waals surface area contributed by atoms with E-state index in [4.69, 9.17) is 11.5 Å². The van der Waals surface area contributed by atoms with E-state index >= 15 is 0 Å². The predicted octanol–water partition coefficient (Wildman–Crippen LogP) is 2.72. The number of nitrogens with one attached hydrogen (secondary N) is 1. The zero-order valence-electron chi connectivity index (χ0n) is 11.0. The van der Waals surface area contributed by atoms with Gasteiger partial charge in [0.1, 0.15) is 0 Å². The first-order valence-electron chi connectivity index (χ1n) is 6.00. The van der Waals surface area contributed by atoms with Crippen LogP contribution in [-0.2, 0) is 0 Å². The largest absolute Gasteiger partial charge is 0.399 e. The van der Waals surface area contributed by atoms with E-state index in [9.17, 15) is 4.79 Å². The highest BCUT2D eigenvalue weighted by Gasteiger charge is 2.10. The summed E-state index contributed by atoms with van der Waals surface area (Å²) in [7, 11) is 0. The summed E-state index contributed by atoms with van der Waals surface area (Å²) in [6.07, 6.45) is 0. The number of rotatable bonds is 2. The first kappa shape index (κ1) is 13.0. The van der Waals surface area contributed by atoms with E-state index in [0.717, 1.165) is 16.8 Å². The molecular weight excluding hydrogens is 238 g/mol. The van der Waals surface area contributed by atoms with Crippen LogP contribution in [0.3, 0.4) is 0 Å². The lowest BCUT2D eigenvalue weighted by molar-refractivity contribution is 0.102. The summed E-state index contributed by atoms with van der Waals surface area (Å²) in [4.78, 5) is 12.1. The smallest absolute Gasteiger partial charge is 0.257 e. The molecule has 0 radical (unpaired) electrons. The molecule has 0 heterocycles. The van der Waals surface area contributed by atoms with Crippen LogP contribution in [0.15, 0.2) is 36.4 Å². The fourth-order valence-corrected chi connectivity index (χ4v) is 2.03.